The maximum Gasteiger partial charge on any atom is 0.247 e. The number of hydrogen-bond donors (Lipinski definition) is 2. The molecule has 3 atom stereocenters. The first kappa shape index (κ1) is 28.5. The molecule has 6 rings (SSSR count). The van der Waals surface area contributed by atoms with Gasteiger partial charge in [0.25, 0.3) is 0 Å². The number of likely N-dealkylation sites (N-methyl/N-ethyl adjacent to an activating group) is 1. The van der Waals surface area contributed by atoms with Gasteiger partial charge in [-0.25, -0.2) is 15.0 Å². The molecule has 0 saturated carbocycles. The summed E-state index contributed by atoms with van der Waals surface area (Å²) in [6.07, 6.45) is 4.62. The third-order valence-electron chi connectivity index (χ3n) is 8.21. The zero-order valence-corrected chi connectivity index (χ0v) is 25.0. The minimum Gasteiger partial charge on any atom is -0.494 e. The summed E-state index contributed by atoms with van der Waals surface area (Å²) in [4.78, 5) is 32.2. The second kappa shape index (κ2) is 12.0. The summed E-state index contributed by atoms with van der Waals surface area (Å²) < 4.78 is 5.82. The van der Waals surface area contributed by atoms with Crippen LogP contribution in [0.3, 0.4) is 0 Å². The lowest BCUT2D eigenvalue weighted by atomic mass is 10.0. The highest BCUT2D eigenvalue weighted by atomic mass is 35.5. The van der Waals surface area contributed by atoms with Crippen molar-refractivity contribution in [3.63, 3.8) is 0 Å². The summed E-state index contributed by atoms with van der Waals surface area (Å²) in [5, 5.41) is 9.12. The molecule has 0 unspecified atom stereocenters. The normalized spacial score (nSPS) is 21.6. The molecule has 2 bridgehead atoms. The molecule has 3 fully saturated rings. The van der Waals surface area contributed by atoms with Gasteiger partial charge in [0.05, 0.1) is 46.9 Å². The number of fused-ring (bicyclic) bond motifs is 2. The van der Waals surface area contributed by atoms with Crippen molar-refractivity contribution in [1.29, 1.82) is 0 Å². The molecule has 3 aliphatic heterocycles. The average molecular weight is 611 g/mol. The van der Waals surface area contributed by atoms with Crippen LogP contribution in [0.4, 0.5) is 28.7 Å². The maximum absolute atomic E-state index is 12.4. The number of halogens is 2. The Morgan fingerprint density at radius 3 is 2.71 bits per heavy atom. The molecule has 220 valence electrons. The number of carbonyl (C=O) groups is 1. The van der Waals surface area contributed by atoms with E-state index in [1.165, 1.54) is 12.4 Å². The molecule has 3 saturated heterocycles. The molecule has 3 aromatic rings. The Hall–Kier alpha value is -3.57. The molecular formula is C30H33Cl2N7O3. The first-order valence-corrected chi connectivity index (χ1v) is 14.8. The van der Waals surface area contributed by atoms with E-state index in [0.29, 0.717) is 57.5 Å². The molecule has 12 heteroatoms. The lowest BCUT2D eigenvalue weighted by Crippen LogP contribution is -2.46. The summed E-state index contributed by atoms with van der Waals surface area (Å²) >= 11 is 12.4. The second-order valence-electron chi connectivity index (χ2n) is 10.6. The summed E-state index contributed by atoms with van der Waals surface area (Å²) in [6.45, 7) is 9.31. The molecule has 3 aliphatic rings. The van der Waals surface area contributed by atoms with Crippen LogP contribution in [0.1, 0.15) is 31.4 Å². The molecular weight excluding hydrogens is 577 g/mol. The van der Waals surface area contributed by atoms with E-state index >= 15 is 0 Å². The number of amides is 1. The van der Waals surface area contributed by atoms with Crippen molar-refractivity contribution >= 4 is 57.8 Å². The van der Waals surface area contributed by atoms with Crippen LogP contribution in [0.2, 0.25) is 10.0 Å². The fraction of sp³-hybridized carbons (Fsp3) is 0.367. The number of anilines is 5. The minimum atomic E-state index is -0.282. The van der Waals surface area contributed by atoms with Crippen LogP contribution in [0.5, 0.6) is 5.75 Å². The summed E-state index contributed by atoms with van der Waals surface area (Å²) in [6, 6.07) is 12.1. The number of hydrogen-bond acceptors (Lipinski definition) is 9. The monoisotopic (exact) mass is 609 g/mol. The van der Waals surface area contributed by atoms with E-state index in [-0.39, 0.29) is 11.9 Å². The van der Waals surface area contributed by atoms with Crippen molar-refractivity contribution in [2.45, 2.75) is 37.9 Å². The summed E-state index contributed by atoms with van der Waals surface area (Å²) in [5.74, 6) is 1.47. The van der Waals surface area contributed by atoms with Gasteiger partial charge in [0.1, 0.15) is 17.9 Å². The smallest absolute Gasteiger partial charge is 0.247 e. The van der Waals surface area contributed by atoms with Crippen LogP contribution in [0, 0.1) is 0 Å². The van der Waals surface area contributed by atoms with Crippen LogP contribution in [0.15, 0.2) is 55.4 Å². The predicted octanol–water partition coefficient (Wildman–Crippen LogP) is 5.83. The molecule has 42 heavy (non-hydrogen) atoms. The number of methoxy groups -OCH3 is 1. The maximum atomic E-state index is 12.4. The zero-order chi connectivity index (χ0) is 29.4. The number of piperazine rings is 1. The van der Waals surface area contributed by atoms with E-state index in [0.717, 1.165) is 43.7 Å². The van der Waals surface area contributed by atoms with Crippen LogP contribution in [-0.4, -0.2) is 66.2 Å². The van der Waals surface area contributed by atoms with Gasteiger partial charge in [0.2, 0.25) is 5.91 Å². The Morgan fingerprint density at radius 1 is 1.14 bits per heavy atom. The number of hydroxylamine groups is 1. The van der Waals surface area contributed by atoms with Gasteiger partial charge in [0.15, 0.2) is 5.82 Å². The third kappa shape index (κ3) is 5.47. The number of benzene rings is 2. The fourth-order valence-electron chi connectivity index (χ4n) is 6.18. The second-order valence-corrected chi connectivity index (χ2v) is 11.4. The fourth-order valence-corrected chi connectivity index (χ4v) is 6.49. The van der Waals surface area contributed by atoms with Gasteiger partial charge in [-0.2, -0.15) is 0 Å². The van der Waals surface area contributed by atoms with E-state index in [9.17, 15) is 4.79 Å². The summed E-state index contributed by atoms with van der Waals surface area (Å²) in [5.41, 5.74) is 3.23. The SMILES string of the molecule is C=CC(=O)Nc1cc(Nc2cc(N3OCC[C@@H]3c3ccc(Cl)c(Cl)c3)ncn2)c(OC)cc1N1C[C@H]2C[C@@H]1CN2CC. The van der Waals surface area contributed by atoms with E-state index in [1.807, 2.05) is 30.3 Å². The van der Waals surface area contributed by atoms with Gasteiger partial charge in [-0.05, 0) is 42.8 Å². The molecule has 1 aromatic heterocycles. The number of carbonyl (C=O) groups excluding carboxylic acids is 1. The van der Waals surface area contributed by atoms with Crippen LogP contribution >= 0.6 is 23.2 Å². The quantitative estimate of drug-likeness (QED) is 0.291. The first-order chi connectivity index (χ1) is 20.4. The van der Waals surface area contributed by atoms with Crippen LogP contribution < -0.4 is 25.3 Å². The van der Waals surface area contributed by atoms with Gasteiger partial charge >= 0.3 is 0 Å². The average Bonchev–Trinajstić information content (AvgIpc) is 3.75. The largest absolute Gasteiger partial charge is 0.494 e. The number of nitrogens with zero attached hydrogens (tertiary/aromatic N) is 5. The molecule has 0 spiro atoms. The van der Waals surface area contributed by atoms with Crippen molar-refractivity contribution < 1.29 is 14.4 Å². The number of likely N-dealkylation sites (tertiary alicyclic amines) is 1. The highest BCUT2D eigenvalue weighted by Crippen LogP contribution is 2.44. The summed E-state index contributed by atoms with van der Waals surface area (Å²) in [7, 11) is 1.63. The molecule has 4 heterocycles. The van der Waals surface area contributed by atoms with Crippen molar-refractivity contribution in [3.05, 3.63) is 71.0 Å². The predicted molar refractivity (Wildman–Crippen MR) is 166 cm³/mol. The van der Waals surface area contributed by atoms with Gasteiger partial charge in [-0.1, -0.05) is 42.8 Å². The van der Waals surface area contributed by atoms with Gasteiger partial charge in [-0.15, -0.1) is 0 Å². The highest BCUT2D eigenvalue weighted by molar-refractivity contribution is 6.42. The van der Waals surface area contributed by atoms with Gasteiger partial charge < -0.3 is 20.3 Å². The van der Waals surface area contributed by atoms with E-state index < -0.39 is 0 Å². The number of ether oxygens (including phenoxy) is 1. The Balaban J connectivity index is 1.29. The Morgan fingerprint density at radius 2 is 2.00 bits per heavy atom. The Bertz CT molecular complexity index is 1510. The van der Waals surface area contributed by atoms with Gasteiger partial charge in [0, 0.05) is 43.7 Å². The number of rotatable bonds is 9. The minimum absolute atomic E-state index is 0.0866. The van der Waals surface area contributed by atoms with Crippen molar-refractivity contribution in [2.24, 2.45) is 0 Å². The standard InChI is InChI=1S/C30H33Cl2N7O3/c1-4-30(40)36-23-12-24(27(41-3)13-26(23)38-16-19-11-20(38)15-37(19)5-2)35-28-14-29(34-17-33-28)39-25(8-9-42-39)18-6-7-21(31)22(32)10-18/h4,6-7,10,12-14,17,19-20,25H,1,5,8-9,11,15-16H2,2-3H3,(H,36,40)(H,33,34,35)/t19-,20-,25-/m1/s1. The van der Waals surface area contributed by atoms with E-state index in [2.05, 4.69) is 43.9 Å². The lowest BCUT2D eigenvalue weighted by Gasteiger charge is -2.36. The van der Waals surface area contributed by atoms with Gasteiger partial charge in [-0.3, -0.25) is 14.5 Å². The first-order valence-electron chi connectivity index (χ1n) is 14.0. The van der Waals surface area contributed by atoms with Crippen molar-refractivity contribution in [2.75, 3.05) is 53.9 Å². The molecule has 2 aromatic carbocycles. The lowest BCUT2D eigenvalue weighted by molar-refractivity contribution is -0.111. The van der Waals surface area contributed by atoms with Crippen molar-refractivity contribution in [1.82, 2.24) is 14.9 Å². The third-order valence-corrected chi connectivity index (χ3v) is 8.94. The molecule has 0 aliphatic carbocycles. The van der Waals surface area contributed by atoms with Crippen LogP contribution in [0.25, 0.3) is 0 Å². The molecule has 0 radical (unpaired) electrons. The zero-order valence-electron chi connectivity index (χ0n) is 23.5. The Kier molecular flexibility index (Phi) is 8.13. The molecule has 1 amide bonds. The van der Waals surface area contributed by atoms with E-state index in [4.69, 9.17) is 32.8 Å². The van der Waals surface area contributed by atoms with E-state index in [1.54, 1.807) is 18.2 Å². The van der Waals surface area contributed by atoms with Crippen LogP contribution in [-0.2, 0) is 9.63 Å². The number of aromatic nitrogens is 2. The number of nitrogens with one attached hydrogen (secondary N) is 2. The molecule has 2 N–H and O–H groups in total. The topological polar surface area (TPSA) is 95.1 Å². The molecule has 10 nitrogen and oxygen atoms in total. The van der Waals surface area contributed by atoms with Crippen molar-refractivity contribution in [3.8, 4) is 5.75 Å². The highest BCUT2D eigenvalue weighted by Gasteiger charge is 2.43. The Labute approximate surface area is 255 Å².